The largest absolute Gasteiger partial charge is 0.510 e. The molecule has 0 aliphatic heterocycles. The van der Waals surface area contributed by atoms with Gasteiger partial charge in [-0.2, -0.15) is 0 Å². The lowest BCUT2D eigenvalue weighted by Gasteiger charge is -2.27. The molecule has 0 saturated heterocycles. The number of benzene rings is 1. The Balaban J connectivity index is 1.63. The molecule has 6 rings (SSSR count). The van der Waals surface area contributed by atoms with Gasteiger partial charge in [0.2, 0.25) is 16.3 Å². The molecule has 2 aromatic rings. The lowest BCUT2D eigenvalue weighted by Crippen LogP contribution is -2.51. The van der Waals surface area contributed by atoms with Gasteiger partial charge in [0.05, 0.1) is 45.3 Å². The number of phenols is 1. The van der Waals surface area contributed by atoms with Crippen molar-refractivity contribution in [2.75, 3.05) is 34.4 Å². The van der Waals surface area contributed by atoms with Crippen molar-refractivity contribution in [1.82, 2.24) is 9.88 Å². The molecule has 0 unspecified atom stereocenters. The van der Waals surface area contributed by atoms with Crippen molar-refractivity contribution < 1.29 is 24.9 Å². The molecular formula is C30H24BrN3O10. The number of aromatic hydroxyl groups is 1. The van der Waals surface area contributed by atoms with E-state index in [1.54, 1.807) is 6.07 Å². The zero-order chi connectivity index (χ0) is 31.8. The van der Waals surface area contributed by atoms with Gasteiger partial charge in [-0.25, -0.2) is 0 Å². The second-order valence-electron chi connectivity index (χ2n) is 10.9. The van der Waals surface area contributed by atoms with E-state index in [1.165, 1.54) is 6.21 Å². The van der Waals surface area contributed by atoms with E-state index in [2.05, 4.69) is 26.1 Å². The summed E-state index contributed by atoms with van der Waals surface area (Å²) in [5.41, 5.74) is -6.39. The fraction of sp³-hybridized carbons (Fsp3) is 0.267. The minimum atomic E-state index is -2.00. The fourth-order valence-corrected chi connectivity index (χ4v) is 6.96. The summed E-state index contributed by atoms with van der Waals surface area (Å²) in [6, 6.07) is 2.34. The van der Waals surface area contributed by atoms with Crippen molar-refractivity contribution in [2.24, 2.45) is 5.16 Å². The number of aliphatic hydroxyl groups is 2. The number of phenolic OH excluding ortho intramolecular Hbond substituents is 1. The number of aromatic amines is 1. The predicted octanol–water partition coefficient (Wildman–Crippen LogP) is -0.812. The molecule has 1 spiro atoms. The molecule has 4 aliphatic rings. The minimum Gasteiger partial charge on any atom is -0.510 e. The number of aliphatic hydroxyl groups excluding tert-OH is 2. The Morgan fingerprint density at radius 1 is 1.00 bits per heavy atom. The number of nitrogens with zero attached hydrogens (tertiary/aromatic N) is 2. The van der Waals surface area contributed by atoms with Crippen LogP contribution in [0.5, 0.6) is 11.5 Å². The second kappa shape index (κ2) is 10.1. The van der Waals surface area contributed by atoms with Crippen LogP contribution in [0.3, 0.4) is 0 Å². The topological polar surface area (TPSA) is 196 Å². The molecule has 0 bridgehead atoms. The van der Waals surface area contributed by atoms with Crippen LogP contribution < -0.4 is 42.4 Å². The summed E-state index contributed by atoms with van der Waals surface area (Å²) >= 11 is 3.50. The molecule has 0 fully saturated rings. The van der Waals surface area contributed by atoms with E-state index in [0.29, 0.717) is 28.6 Å². The monoisotopic (exact) mass is 665 g/mol. The highest BCUT2D eigenvalue weighted by Gasteiger charge is 2.53. The first kappa shape index (κ1) is 29.3. The molecule has 0 saturated carbocycles. The lowest BCUT2D eigenvalue weighted by atomic mass is 9.78. The van der Waals surface area contributed by atoms with Crippen LogP contribution in [-0.2, 0) is 16.7 Å². The van der Waals surface area contributed by atoms with Gasteiger partial charge in [-0.1, -0.05) is 5.16 Å². The Bertz CT molecular complexity index is 2450. The van der Waals surface area contributed by atoms with Crippen LogP contribution in [0.4, 0.5) is 0 Å². The standard InChI is InChI=1S/C30H24BrN3O10/c1-34(2)6-7-44-32-10-11-8-13-16(29(42)33-11)26(39)21-12(22(13)31)4-5-30(21)27(40)19-20(28(30)41)25(38)18-17(24(19)37)14(35)9-15(43-3)23(18)36/h8-10,39-41H,4-7H2,1-3H3,(H,33,42)/b32-10+/t30-/m0/s1. The van der Waals surface area contributed by atoms with Crippen LogP contribution in [0.1, 0.15) is 23.2 Å². The van der Waals surface area contributed by atoms with Gasteiger partial charge in [-0.15, -0.1) is 0 Å². The normalized spacial score (nSPS) is 17.5. The van der Waals surface area contributed by atoms with Gasteiger partial charge in [-0.3, -0.25) is 24.0 Å². The number of methoxy groups -OCH3 is 1. The van der Waals surface area contributed by atoms with Crippen molar-refractivity contribution in [2.45, 2.75) is 18.3 Å². The van der Waals surface area contributed by atoms with Gasteiger partial charge in [0.15, 0.2) is 11.2 Å². The number of pyridine rings is 1. The molecule has 14 heteroatoms. The summed E-state index contributed by atoms with van der Waals surface area (Å²) in [5.74, 6) is -2.60. The molecule has 226 valence electrons. The van der Waals surface area contributed by atoms with E-state index in [4.69, 9.17) is 9.57 Å². The molecule has 0 amide bonds. The van der Waals surface area contributed by atoms with Crippen LogP contribution in [0.25, 0.3) is 22.3 Å². The Labute approximate surface area is 253 Å². The lowest BCUT2D eigenvalue weighted by molar-refractivity contribution is 0.127. The first-order valence-electron chi connectivity index (χ1n) is 13.3. The highest BCUT2D eigenvalue weighted by molar-refractivity contribution is 9.10. The maximum absolute atomic E-state index is 13.6. The van der Waals surface area contributed by atoms with Gasteiger partial charge in [0.1, 0.15) is 29.3 Å². The SMILES string of the molecule is COc1cc(=O)c2c(=O)c3c(c(=O)c=2c1=O)=C(O)[C@]1(CCc2c1c(O)c1c(=O)[nH]c(/C=N/OCCN(C)C)cc1c2Br)C=3O. The molecule has 1 aromatic carbocycles. The summed E-state index contributed by atoms with van der Waals surface area (Å²) < 4.78 is 5.27. The fourth-order valence-electron chi connectivity index (χ4n) is 6.25. The van der Waals surface area contributed by atoms with E-state index in [-0.39, 0.29) is 29.5 Å². The van der Waals surface area contributed by atoms with Crippen molar-refractivity contribution in [3.8, 4) is 11.5 Å². The summed E-state index contributed by atoms with van der Waals surface area (Å²) in [6.07, 6.45) is 1.32. The van der Waals surface area contributed by atoms with Crippen LogP contribution in [-0.4, -0.2) is 65.8 Å². The van der Waals surface area contributed by atoms with Gasteiger partial charge in [0, 0.05) is 28.0 Å². The molecule has 1 heterocycles. The number of rotatable bonds is 6. The first-order valence-corrected chi connectivity index (χ1v) is 14.1. The quantitative estimate of drug-likeness (QED) is 0.114. The van der Waals surface area contributed by atoms with E-state index >= 15 is 0 Å². The average molecular weight is 666 g/mol. The predicted molar refractivity (Wildman–Crippen MR) is 163 cm³/mol. The minimum absolute atomic E-state index is 0.0906. The number of halogens is 1. The smallest absolute Gasteiger partial charge is 0.260 e. The van der Waals surface area contributed by atoms with E-state index < -0.39 is 76.6 Å². The number of hydrogen-bond acceptors (Lipinski definition) is 12. The molecule has 1 atom stereocenters. The van der Waals surface area contributed by atoms with Gasteiger partial charge in [0.25, 0.3) is 5.56 Å². The summed E-state index contributed by atoms with van der Waals surface area (Å²) in [6.45, 7) is 0.938. The zero-order valence-electron chi connectivity index (χ0n) is 23.5. The summed E-state index contributed by atoms with van der Waals surface area (Å²) in [7, 11) is 4.88. The van der Waals surface area contributed by atoms with E-state index in [9.17, 15) is 39.3 Å². The van der Waals surface area contributed by atoms with Crippen LogP contribution in [0.15, 0.2) is 45.7 Å². The Morgan fingerprint density at radius 3 is 2.30 bits per heavy atom. The van der Waals surface area contributed by atoms with Gasteiger partial charge < -0.3 is 34.8 Å². The average Bonchev–Trinajstić information content (AvgIpc) is 3.48. The Morgan fingerprint density at radius 2 is 1.66 bits per heavy atom. The maximum atomic E-state index is 13.6. The van der Waals surface area contributed by atoms with Crippen molar-refractivity contribution in [3.05, 3.63) is 106 Å². The van der Waals surface area contributed by atoms with Gasteiger partial charge >= 0.3 is 0 Å². The number of H-pyrrole nitrogens is 1. The third kappa shape index (κ3) is 3.80. The molecular weight excluding hydrogens is 642 g/mol. The number of oxime groups is 1. The van der Waals surface area contributed by atoms with Crippen molar-refractivity contribution in [3.63, 3.8) is 0 Å². The summed E-state index contributed by atoms with van der Waals surface area (Å²) in [5, 5.41) is 35.9. The summed E-state index contributed by atoms with van der Waals surface area (Å²) in [4.78, 5) is 76.0. The van der Waals surface area contributed by atoms with Crippen LogP contribution in [0, 0.1) is 10.4 Å². The Hall–Kier alpha value is -4.82. The zero-order valence-corrected chi connectivity index (χ0v) is 25.1. The third-order valence-corrected chi connectivity index (χ3v) is 9.18. The molecule has 13 nitrogen and oxygen atoms in total. The molecule has 0 radical (unpaired) electrons. The van der Waals surface area contributed by atoms with Crippen molar-refractivity contribution >= 4 is 44.4 Å². The number of fused-ring (bicyclic) bond motifs is 4. The van der Waals surface area contributed by atoms with E-state index in [1.807, 2.05) is 19.0 Å². The maximum Gasteiger partial charge on any atom is 0.260 e. The third-order valence-electron chi connectivity index (χ3n) is 8.27. The highest BCUT2D eigenvalue weighted by Crippen LogP contribution is 2.56. The molecule has 4 N–H and O–H groups in total. The Kier molecular flexibility index (Phi) is 6.74. The number of aromatic nitrogens is 1. The molecule has 44 heavy (non-hydrogen) atoms. The number of ether oxygens (including phenoxy) is 1. The second-order valence-corrected chi connectivity index (χ2v) is 11.7. The number of likely N-dealkylation sites (N-methyl/N-ethyl adjacent to an activating group) is 1. The number of hydrogen-bond donors (Lipinski definition) is 4. The first-order chi connectivity index (χ1) is 20.9. The van der Waals surface area contributed by atoms with Crippen LogP contribution >= 0.6 is 15.9 Å². The molecule has 1 aromatic heterocycles. The highest BCUT2D eigenvalue weighted by atomic mass is 79.9. The number of nitrogens with one attached hydrogen (secondary N) is 1. The van der Waals surface area contributed by atoms with Gasteiger partial charge in [-0.05, 0) is 54.5 Å². The van der Waals surface area contributed by atoms with E-state index in [0.717, 1.165) is 13.2 Å². The molecule has 4 aliphatic carbocycles. The van der Waals surface area contributed by atoms with Crippen LogP contribution in [0.2, 0.25) is 0 Å². The van der Waals surface area contributed by atoms with Crippen molar-refractivity contribution in [1.29, 1.82) is 0 Å².